The van der Waals surface area contributed by atoms with E-state index < -0.39 is 29.0 Å². The highest BCUT2D eigenvalue weighted by atomic mass is 19.3. The Morgan fingerprint density at radius 2 is 1.94 bits per heavy atom. The van der Waals surface area contributed by atoms with Crippen LogP contribution < -0.4 is 5.32 Å². The van der Waals surface area contributed by atoms with Gasteiger partial charge in [-0.1, -0.05) is 0 Å². The Hall–Kier alpha value is -1.10. The summed E-state index contributed by atoms with van der Waals surface area (Å²) in [6, 6.07) is 2.26. The standard InChI is InChI=1S/C11H11F4N/c12-9-2-1-7(5-10(9)13)11(14,15)8-3-4-16-6-8/h1-2,5,8,16H,3-4,6H2. The Balaban J connectivity index is 2.30. The van der Waals surface area contributed by atoms with Gasteiger partial charge in [-0.15, -0.1) is 0 Å². The molecule has 1 atom stereocenters. The summed E-state index contributed by atoms with van der Waals surface area (Å²) in [7, 11) is 0. The number of hydrogen-bond donors (Lipinski definition) is 1. The maximum atomic E-state index is 13.8. The van der Waals surface area contributed by atoms with E-state index in [0.29, 0.717) is 19.0 Å². The lowest BCUT2D eigenvalue weighted by Gasteiger charge is -2.22. The molecule has 0 aliphatic carbocycles. The van der Waals surface area contributed by atoms with Crippen LogP contribution in [0.5, 0.6) is 0 Å². The SMILES string of the molecule is Fc1ccc(C(F)(F)C2CCNC2)cc1F. The van der Waals surface area contributed by atoms with Crippen molar-refractivity contribution in [3.8, 4) is 0 Å². The van der Waals surface area contributed by atoms with Gasteiger partial charge in [-0.3, -0.25) is 0 Å². The van der Waals surface area contributed by atoms with E-state index >= 15 is 0 Å². The van der Waals surface area contributed by atoms with Gasteiger partial charge in [-0.2, -0.15) is 0 Å². The number of benzene rings is 1. The molecule has 16 heavy (non-hydrogen) atoms. The highest BCUT2D eigenvalue weighted by molar-refractivity contribution is 5.23. The lowest BCUT2D eigenvalue weighted by atomic mass is 9.94. The van der Waals surface area contributed by atoms with E-state index in [1.165, 1.54) is 0 Å². The molecule has 0 bridgehead atoms. The van der Waals surface area contributed by atoms with Crippen LogP contribution in [0.2, 0.25) is 0 Å². The third-order valence-electron chi connectivity index (χ3n) is 2.88. The number of nitrogens with one attached hydrogen (secondary N) is 1. The van der Waals surface area contributed by atoms with Gasteiger partial charge in [-0.05, 0) is 31.2 Å². The molecule has 88 valence electrons. The molecule has 0 aromatic heterocycles. The summed E-state index contributed by atoms with van der Waals surface area (Å²) in [5.74, 6) is -6.30. The van der Waals surface area contributed by atoms with Crippen molar-refractivity contribution < 1.29 is 17.6 Å². The van der Waals surface area contributed by atoms with Gasteiger partial charge >= 0.3 is 0 Å². The highest BCUT2D eigenvalue weighted by Crippen LogP contribution is 2.39. The van der Waals surface area contributed by atoms with Crippen molar-refractivity contribution in [2.24, 2.45) is 5.92 Å². The first-order chi connectivity index (χ1) is 7.51. The summed E-state index contributed by atoms with van der Waals surface area (Å²) in [6.45, 7) is 0.732. The molecular formula is C11H11F4N. The van der Waals surface area contributed by atoms with Crippen LogP contribution in [-0.2, 0) is 5.92 Å². The second-order valence-electron chi connectivity index (χ2n) is 3.94. The zero-order chi connectivity index (χ0) is 11.8. The summed E-state index contributed by atoms with van der Waals surface area (Å²) in [6.07, 6.45) is 0.339. The Kier molecular flexibility index (Phi) is 2.88. The minimum atomic E-state index is -3.11. The first kappa shape index (κ1) is 11.4. The van der Waals surface area contributed by atoms with E-state index in [2.05, 4.69) is 5.32 Å². The van der Waals surface area contributed by atoms with Crippen LogP contribution in [0.4, 0.5) is 17.6 Å². The van der Waals surface area contributed by atoms with Crippen LogP contribution in [0, 0.1) is 17.6 Å². The smallest absolute Gasteiger partial charge is 0.277 e. The van der Waals surface area contributed by atoms with Crippen LogP contribution in [0.15, 0.2) is 18.2 Å². The maximum Gasteiger partial charge on any atom is 0.277 e. The first-order valence-electron chi connectivity index (χ1n) is 5.06. The van der Waals surface area contributed by atoms with Crippen molar-refractivity contribution in [2.45, 2.75) is 12.3 Å². The van der Waals surface area contributed by atoms with E-state index in [4.69, 9.17) is 0 Å². The van der Waals surface area contributed by atoms with Gasteiger partial charge in [0.15, 0.2) is 11.6 Å². The monoisotopic (exact) mass is 233 g/mol. The molecule has 0 saturated carbocycles. The van der Waals surface area contributed by atoms with Gasteiger partial charge in [0.1, 0.15) is 0 Å². The van der Waals surface area contributed by atoms with Gasteiger partial charge in [0.25, 0.3) is 5.92 Å². The van der Waals surface area contributed by atoms with Crippen LogP contribution >= 0.6 is 0 Å². The lowest BCUT2D eigenvalue weighted by molar-refractivity contribution is -0.0578. The molecule has 2 rings (SSSR count). The lowest BCUT2D eigenvalue weighted by Crippen LogP contribution is -2.27. The molecule has 5 heteroatoms. The van der Waals surface area contributed by atoms with Crippen molar-refractivity contribution >= 4 is 0 Å². The predicted octanol–water partition coefficient (Wildman–Crippen LogP) is 2.67. The van der Waals surface area contributed by atoms with Gasteiger partial charge in [0.05, 0.1) is 0 Å². The number of hydrogen-bond acceptors (Lipinski definition) is 1. The second-order valence-corrected chi connectivity index (χ2v) is 3.94. The van der Waals surface area contributed by atoms with E-state index in [-0.39, 0.29) is 6.54 Å². The summed E-state index contributed by atoms with van der Waals surface area (Å²) in [5.41, 5.74) is -0.458. The first-order valence-corrected chi connectivity index (χ1v) is 5.06. The Bertz CT molecular complexity index is 386. The molecule has 1 unspecified atom stereocenters. The molecule has 1 aliphatic rings. The minimum Gasteiger partial charge on any atom is -0.316 e. The summed E-state index contributed by atoms with van der Waals surface area (Å²) in [4.78, 5) is 0. The number of alkyl halides is 2. The van der Waals surface area contributed by atoms with E-state index in [0.717, 1.165) is 12.1 Å². The van der Waals surface area contributed by atoms with E-state index in [9.17, 15) is 17.6 Å². The van der Waals surface area contributed by atoms with Crippen molar-refractivity contribution in [3.05, 3.63) is 35.4 Å². The molecule has 0 amide bonds. The summed E-state index contributed by atoms with van der Waals surface area (Å²) < 4.78 is 53.2. The normalized spacial score (nSPS) is 21.4. The summed E-state index contributed by atoms with van der Waals surface area (Å²) in [5, 5.41) is 2.83. The maximum absolute atomic E-state index is 13.8. The van der Waals surface area contributed by atoms with Crippen LogP contribution in [0.3, 0.4) is 0 Å². The van der Waals surface area contributed by atoms with Crippen molar-refractivity contribution in [1.29, 1.82) is 0 Å². The molecule has 0 radical (unpaired) electrons. The zero-order valence-electron chi connectivity index (χ0n) is 8.44. The second kappa shape index (κ2) is 4.05. The minimum absolute atomic E-state index is 0.200. The molecule has 1 heterocycles. The Morgan fingerprint density at radius 1 is 1.19 bits per heavy atom. The predicted molar refractivity (Wildman–Crippen MR) is 51.2 cm³/mol. The number of halogens is 4. The van der Waals surface area contributed by atoms with Crippen LogP contribution in [0.1, 0.15) is 12.0 Å². The average Bonchev–Trinajstić information content (AvgIpc) is 2.75. The zero-order valence-corrected chi connectivity index (χ0v) is 8.44. The van der Waals surface area contributed by atoms with Gasteiger partial charge in [0, 0.05) is 18.0 Å². The Labute approximate surface area is 90.5 Å². The number of rotatable bonds is 2. The molecule has 1 saturated heterocycles. The average molecular weight is 233 g/mol. The third-order valence-corrected chi connectivity index (χ3v) is 2.88. The molecule has 1 aromatic carbocycles. The molecule has 1 nitrogen and oxygen atoms in total. The Morgan fingerprint density at radius 3 is 2.50 bits per heavy atom. The fraction of sp³-hybridized carbons (Fsp3) is 0.455. The van der Waals surface area contributed by atoms with E-state index in [1.54, 1.807) is 0 Å². The molecular weight excluding hydrogens is 222 g/mol. The molecule has 1 fully saturated rings. The van der Waals surface area contributed by atoms with Gasteiger partial charge in [0.2, 0.25) is 0 Å². The summed E-state index contributed by atoms with van der Waals surface area (Å²) >= 11 is 0. The highest BCUT2D eigenvalue weighted by Gasteiger charge is 2.42. The molecule has 1 N–H and O–H groups in total. The largest absolute Gasteiger partial charge is 0.316 e. The van der Waals surface area contributed by atoms with Crippen molar-refractivity contribution in [3.63, 3.8) is 0 Å². The van der Waals surface area contributed by atoms with Crippen LogP contribution in [0.25, 0.3) is 0 Å². The molecule has 0 spiro atoms. The topological polar surface area (TPSA) is 12.0 Å². The van der Waals surface area contributed by atoms with Crippen molar-refractivity contribution in [2.75, 3.05) is 13.1 Å². The fourth-order valence-electron chi connectivity index (χ4n) is 1.90. The molecule has 1 aromatic rings. The van der Waals surface area contributed by atoms with Crippen LogP contribution in [-0.4, -0.2) is 13.1 Å². The van der Waals surface area contributed by atoms with E-state index in [1.807, 2.05) is 0 Å². The quantitative estimate of drug-likeness (QED) is 0.774. The third kappa shape index (κ3) is 1.91. The van der Waals surface area contributed by atoms with Gasteiger partial charge in [-0.25, -0.2) is 17.6 Å². The molecule has 1 aliphatic heterocycles. The van der Waals surface area contributed by atoms with Gasteiger partial charge < -0.3 is 5.32 Å². The fourth-order valence-corrected chi connectivity index (χ4v) is 1.90. The van der Waals surface area contributed by atoms with Crippen molar-refractivity contribution in [1.82, 2.24) is 5.32 Å².